The smallest absolute Gasteiger partial charge is 0.328 e. The number of carboxylic acid groups (broad SMARTS) is 1. The zero-order valence-electron chi connectivity index (χ0n) is 26.4. The van der Waals surface area contributed by atoms with Crippen LogP contribution < -0.4 is 32.7 Å². The van der Waals surface area contributed by atoms with Gasteiger partial charge in [-0.25, -0.2) is 4.79 Å². The van der Waals surface area contributed by atoms with E-state index in [0.717, 1.165) is 0 Å². The molecule has 0 bridgehead atoms. The summed E-state index contributed by atoms with van der Waals surface area (Å²) >= 11 is 0. The topological polar surface area (TPSA) is 259 Å². The summed E-state index contributed by atoms with van der Waals surface area (Å²) in [7, 11) is 0. The number of carboxylic acids is 1. The number of hydrogen-bond donors (Lipinski definition) is 8. The minimum Gasteiger partial charge on any atom is -0.480 e. The maximum Gasteiger partial charge on any atom is 0.328 e. The fourth-order valence-corrected chi connectivity index (χ4v) is 5.06. The summed E-state index contributed by atoms with van der Waals surface area (Å²) in [5, 5.41) is 28.9. The van der Waals surface area contributed by atoms with E-state index in [2.05, 4.69) is 26.3 Å². The third-order valence-corrected chi connectivity index (χ3v) is 7.42. The van der Waals surface area contributed by atoms with Gasteiger partial charge in [-0.1, -0.05) is 44.2 Å². The Kier molecular flexibility index (Phi) is 14.9. The standard InChI is InChI=1S/C30H46N8O8/c1-17(2)24(34-18(3)40)27(43)35-20(11-7-13-33-30(31)32)28(44)38-14-8-12-23(38)26(42)36-21(15-19-9-5-4-6-10-19)25(41)37-22(16-39)29(45)46/h4-6,9-10,17,20-24,39H,7-8,11-16H2,1-3H3,(H,34,40)(H,35,43)(H,36,42)(H,37,41)(H,45,46)(H4,31,32,33)/t20-,21-,22-,23-,24-/m0/s1. The largest absolute Gasteiger partial charge is 0.480 e. The van der Waals surface area contributed by atoms with Crippen molar-refractivity contribution < 1.29 is 39.0 Å². The van der Waals surface area contributed by atoms with Crippen LogP contribution in [0.2, 0.25) is 0 Å². The highest BCUT2D eigenvalue weighted by molar-refractivity contribution is 5.96. The van der Waals surface area contributed by atoms with Gasteiger partial charge in [0.05, 0.1) is 6.61 Å². The van der Waals surface area contributed by atoms with E-state index in [1.165, 1.54) is 11.8 Å². The number of amides is 5. The molecule has 0 spiro atoms. The number of aliphatic hydroxyl groups excluding tert-OH is 1. The molecular formula is C30H46N8O8. The van der Waals surface area contributed by atoms with Crippen LogP contribution >= 0.6 is 0 Å². The average Bonchev–Trinajstić information content (AvgIpc) is 3.49. The zero-order valence-corrected chi connectivity index (χ0v) is 26.4. The van der Waals surface area contributed by atoms with Crippen molar-refractivity contribution in [2.75, 3.05) is 19.7 Å². The number of benzene rings is 1. The quantitative estimate of drug-likeness (QED) is 0.0523. The van der Waals surface area contributed by atoms with Gasteiger partial charge in [-0.3, -0.25) is 29.0 Å². The van der Waals surface area contributed by atoms with Gasteiger partial charge in [-0.15, -0.1) is 0 Å². The van der Waals surface area contributed by atoms with Crippen molar-refractivity contribution in [3.05, 3.63) is 35.9 Å². The van der Waals surface area contributed by atoms with E-state index in [9.17, 15) is 39.0 Å². The van der Waals surface area contributed by atoms with Crippen LogP contribution in [0.4, 0.5) is 0 Å². The Morgan fingerprint density at radius 2 is 1.61 bits per heavy atom. The van der Waals surface area contributed by atoms with Crippen molar-refractivity contribution in [1.82, 2.24) is 26.2 Å². The van der Waals surface area contributed by atoms with Gasteiger partial charge < -0.3 is 47.8 Å². The number of carbonyl (C=O) groups excluding carboxylic acids is 5. The van der Waals surface area contributed by atoms with Gasteiger partial charge in [0.15, 0.2) is 5.96 Å². The van der Waals surface area contributed by atoms with Crippen molar-refractivity contribution in [1.29, 1.82) is 0 Å². The molecule has 0 radical (unpaired) electrons. The first-order valence-electron chi connectivity index (χ1n) is 15.2. The van der Waals surface area contributed by atoms with E-state index >= 15 is 0 Å². The maximum absolute atomic E-state index is 13.9. The lowest BCUT2D eigenvalue weighted by atomic mass is 10.0. The van der Waals surface area contributed by atoms with Crippen LogP contribution in [0.1, 0.15) is 52.0 Å². The molecule has 1 aliphatic heterocycles. The predicted octanol–water partition coefficient (Wildman–Crippen LogP) is -2.03. The molecular weight excluding hydrogens is 600 g/mol. The summed E-state index contributed by atoms with van der Waals surface area (Å²) in [4.78, 5) is 82.3. The Morgan fingerprint density at radius 3 is 2.17 bits per heavy atom. The van der Waals surface area contributed by atoms with Crippen molar-refractivity contribution in [2.45, 2.75) is 83.1 Å². The minimum absolute atomic E-state index is 0.0139. The first-order valence-corrected chi connectivity index (χ1v) is 15.2. The number of aliphatic hydroxyl groups is 1. The molecule has 0 aliphatic carbocycles. The number of aliphatic imine (C=N–C) groups is 1. The Balaban J connectivity index is 2.29. The molecule has 5 atom stereocenters. The SMILES string of the molecule is CC(=O)N[C@H](C(=O)N[C@@H](CCCN=C(N)N)C(=O)N1CCC[C@H]1C(=O)N[C@@H](Cc1ccccc1)C(=O)N[C@@H](CO)C(=O)O)C(C)C. The lowest BCUT2D eigenvalue weighted by Gasteiger charge is -2.31. The van der Waals surface area contributed by atoms with Gasteiger partial charge in [0, 0.05) is 26.4 Å². The van der Waals surface area contributed by atoms with Crippen LogP contribution in [0.25, 0.3) is 0 Å². The average molecular weight is 647 g/mol. The van der Waals surface area contributed by atoms with Crippen LogP contribution in [0.5, 0.6) is 0 Å². The number of nitrogens with zero attached hydrogens (tertiary/aromatic N) is 2. The predicted molar refractivity (Wildman–Crippen MR) is 168 cm³/mol. The lowest BCUT2D eigenvalue weighted by Crippen LogP contribution is -2.59. The molecule has 5 amide bonds. The van der Waals surface area contributed by atoms with Gasteiger partial charge in [0.1, 0.15) is 30.2 Å². The van der Waals surface area contributed by atoms with Crippen LogP contribution in [0.3, 0.4) is 0 Å². The molecule has 46 heavy (non-hydrogen) atoms. The molecule has 1 heterocycles. The molecule has 10 N–H and O–H groups in total. The van der Waals surface area contributed by atoms with E-state index in [0.29, 0.717) is 18.4 Å². The number of carbonyl (C=O) groups is 6. The highest BCUT2D eigenvalue weighted by Crippen LogP contribution is 2.21. The maximum atomic E-state index is 13.9. The summed E-state index contributed by atoms with van der Waals surface area (Å²) in [6.07, 6.45) is 1.22. The molecule has 254 valence electrons. The van der Waals surface area contributed by atoms with Gasteiger partial charge in [-0.05, 0) is 37.2 Å². The van der Waals surface area contributed by atoms with Crippen LogP contribution in [-0.2, 0) is 35.2 Å². The van der Waals surface area contributed by atoms with Gasteiger partial charge in [0.2, 0.25) is 29.5 Å². The molecule has 1 aromatic rings. The third-order valence-electron chi connectivity index (χ3n) is 7.42. The number of rotatable bonds is 17. The van der Waals surface area contributed by atoms with Gasteiger partial charge in [0.25, 0.3) is 0 Å². The second-order valence-corrected chi connectivity index (χ2v) is 11.5. The first kappa shape index (κ1) is 37.5. The third kappa shape index (κ3) is 11.6. The summed E-state index contributed by atoms with van der Waals surface area (Å²) in [6, 6.07) is 2.96. The van der Waals surface area contributed by atoms with Gasteiger partial charge >= 0.3 is 5.97 Å². The monoisotopic (exact) mass is 646 g/mol. The Hall–Kier alpha value is -4.73. The number of hydrogen-bond acceptors (Lipinski definition) is 8. The Morgan fingerprint density at radius 1 is 0.957 bits per heavy atom. The molecule has 1 aromatic carbocycles. The molecule has 1 aliphatic rings. The fourth-order valence-electron chi connectivity index (χ4n) is 5.06. The van der Waals surface area contributed by atoms with E-state index in [4.69, 9.17) is 11.5 Å². The summed E-state index contributed by atoms with van der Waals surface area (Å²) in [5.41, 5.74) is 11.5. The van der Waals surface area contributed by atoms with E-state index in [1.807, 2.05) is 0 Å². The van der Waals surface area contributed by atoms with Crippen molar-refractivity contribution in [3.8, 4) is 0 Å². The van der Waals surface area contributed by atoms with Crippen LogP contribution in [0, 0.1) is 5.92 Å². The minimum atomic E-state index is -1.58. The zero-order chi connectivity index (χ0) is 34.4. The molecule has 16 nitrogen and oxygen atoms in total. The van der Waals surface area contributed by atoms with E-state index in [1.54, 1.807) is 44.2 Å². The number of nitrogens with one attached hydrogen (secondary N) is 4. The van der Waals surface area contributed by atoms with Gasteiger partial charge in [-0.2, -0.15) is 0 Å². The normalized spacial score (nSPS) is 16.8. The summed E-state index contributed by atoms with van der Waals surface area (Å²) in [5.74, 6) is -4.83. The first-order chi connectivity index (χ1) is 21.7. The van der Waals surface area contributed by atoms with Crippen molar-refractivity contribution in [2.24, 2.45) is 22.4 Å². The Labute approximate surface area is 267 Å². The highest BCUT2D eigenvalue weighted by Gasteiger charge is 2.39. The molecule has 0 unspecified atom stereocenters. The molecule has 1 saturated heterocycles. The van der Waals surface area contributed by atoms with E-state index in [-0.39, 0.29) is 44.2 Å². The second kappa shape index (κ2) is 18.3. The molecule has 16 heteroatoms. The highest BCUT2D eigenvalue weighted by atomic mass is 16.4. The molecule has 1 fully saturated rings. The summed E-state index contributed by atoms with van der Waals surface area (Å²) in [6.45, 7) is 4.32. The molecule has 0 saturated carbocycles. The number of aliphatic carboxylic acids is 1. The van der Waals surface area contributed by atoms with Crippen molar-refractivity contribution in [3.63, 3.8) is 0 Å². The number of nitrogens with two attached hydrogens (primary N) is 2. The molecule has 2 rings (SSSR count). The van der Waals surface area contributed by atoms with Crippen LogP contribution in [-0.4, -0.2) is 106 Å². The second-order valence-electron chi connectivity index (χ2n) is 11.5. The number of guanidine groups is 1. The lowest BCUT2D eigenvalue weighted by molar-refractivity contribution is -0.144. The van der Waals surface area contributed by atoms with Crippen molar-refractivity contribution >= 4 is 41.5 Å². The Bertz CT molecular complexity index is 1250. The van der Waals surface area contributed by atoms with Crippen LogP contribution in [0.15, 0.2) is 35.3 Å². The number of likely N-dealkylation sites (tertiary alicyclic amines) is 1. The van der Waals surface area contributed by atoms with E-state index < -0.39 is 72.3 Å². The fraction of sp³-hybridized carbons (Fsp3) is 0.567. The molecule has 0 aromatic heterocycles. The summed E-state index contributed by atoms with van der Waals surface area (Å²) < 4.78 is 0.